The minimum Gasteiger partial charge on any atom is -0.493 e. The van der Waals surface area contributed by atoms with Gasteiger partial charge in [-0.15, -0.1) is 10.2 Å². The van der Waals surface area contributed by atoms with E-state index in [2.05, 4.69) is 10.2 Å². The summed E-state index contributed by atoms with van der Waals surface area (Å²) < 4.78 is 12.4. The average Bonchev–Trinajstić information content (AvgIpc) is 3.04. The lowest BCUT2D eigenvalue weighted by Gasteiger charge is -2.10. The number of hydrogen-bond donors (Lipinski definition) is 0. The summed E-state index contributed by atoms with van der Waals surface area (Å²) in [6.45, 7) is 1.93. The zero-order chi connectivity index (χ0) is 16.2. The minimum atomic E-state index is -0.474. The molecule has 6 heteroatoms. The molecule has 2 heterocycles. The van der Waals surface area contributed by atoms with E-state index in [4.69, 9.17) is 9.47 Å². The molecule has 0 spiro atoms. The second kappa shape index (κ2) is 6.31. The molecule has 0 aliphatic heterocycles. The number of methoxy groups -OCH3 is 1. The summed E-state index contributed by atoms with van der Waals surface area (Å²) in [6, 6.07) is 8.73. The van der Waals surface area contributed by atoms with Gasteiger partial charge in [0, 0.05) is 6.20 Å². The van der Waals surface area contributed by atoms with Gasteiger partial charge in [0.25, 0.3) is 0 Å². The average molecular weight is 309 g/mol. The molecule has 116 valence electrons. The second-order valence-electron chi connectivity index (χ2n) is 4.81. The highest BCUT2D eigenvalue weighted by molar-refractivity contribution is 5.91. The van der Waals surface area contributed by atoms with E-state index in [1.165, 1.54) is 13.4 Å². The van der Waals surface area contributed by atoms with Crippen LogP contribution in [0.1, 0.15) is 22.8 Å². The van der Waals surface area contributed by atoms with Crippen LogP contribution in [-0.2, 0) is 0 Å². The molecule has 6 nitrogen and oxygen atoms in total. The van der Waals surface area contributed by atoms with Crippen LogP contribution >= 0.6 is 0 Å². The first-order valence-corrected chi connectivity index (χ1v) is 7.03. The highest BCUT2D eigenvalue weighted by Gasteiger charge is 2.13. The van der Waals surface area contributed by atoms with Crippen molar-refractivity contribution in [3.05, 3.63) is 60.1 Å². The first kappa shape index (κ1) is 14.8. The van der Waals surface area contributed by atoms with Gasteiger partial charge >= 0.3 is 5.97 Å². The van der Waals surface area contributed by atoms with Crippen molar-refractivity contribution in [3.8, 4) is 11.5 Å². The third-order valence-corrected chi connectivity index (χ3v) is 3.28. The van der Waals surface area contributed by atoms with Crippen LogP contribution < -0.4 is 9.47 Å². The smallest absolute Gasteiger partial charge is 0.345 e. The van der Waals surface area contributed by atoms with E-state index in [0.717, 1.165) is 5.56 Å². The zero-order valence-corrected chi connectivity index (χ0v) is 12.8. The maximum Gasteiger partial charge on any atom is 0.345 e. The molecular weight excluding hydrogens is 294 g/mol. The predicted octanol–water partition coefficient (Wildman–Crippen LogP) is 2.99. The Bertz CT molecular complexity index is 884. The Morgan fingerprint density at radius 3 is 2.87 bits per heavy atom. The van der Waals surface area contributed by atoms with E-state index in [-0.39, 0.29) is 0 Å². The highest BCUT2D eigenvalue weighted by atomic mass is 16.6. The summed E-state index contributed by atoms with van der Waals surface area (Å²) in [5, 5.41) is 7.67. The van der Waals surface area contributed by atoms with Gasteiger partial charge in [-0.05, 0) is 36.8 Å². The largest absolute Gasteiger partial charge is 0.493 e. The van der Waals surface area contributed by atoms with Crippen LogP contribution in [0.4, 0.5) is 0 Å². The van der Waals surface area contributed by atoms with Crippen LogP contribution in [0.3, 0.4) is 0 Å². The molecule has 3 aromatic rings. The zero-order valence-electron chi connectivity index (χ0n) is 12.8. The number of fused-ring (bicyclic) bond motifs is 1. The Kier molecular flexibility index (Phi) is 4.05. The van der Waals surface area contributed by atoms with Gasteiger partial charge in [-0.3, -0.25) is 4.40 Å². The number of esters is 1. The fourth-order valence-corrected chi connectivity index (χ4v) is 2.17. The maximum atomic E-state index is 12.3. The lowest BCUT2D eigenvalue weighted by Crippen LogP contribution is -2.10. The van der Waals surface area contributed by atoms with Crippen molar-refractivity contribution < 1.29 is 14.3 Å². The van der Waals surface area contributed by atoms with Crippen LogP contribution in [-0.4, -0.2) is 27.7 Å². The van der Waals surface area contributed by atoms with E-state index in [0.29, 0.717) is 22.7 Å². The number of allylic oxidation sites excluding steroid dienone is 1. The van der Waals surface area contributed by atoms with E-state index < -0.39 is 5.97 Å². The van der Waals surface area contributed by atoms with Crippen LogP contribution in [0.15, 0.2) is 48.9 Å². The first-order valence-electron chi connectivity index (χ1n) is 7.03. The molecule has 0 aliphatic rings. The van der Waals surface area contributed by atoms with Crippen LogP contribution in [0.5, 0.6) is 11.5 Å². The van der Waals surface area contributed by atoms with Crippen molar-refractivity contribution in [2.75, 3.05) is 7.11 Å². The molecule has 0 bridgehead atoms. The van der Waals surface area contributed by atoms with E-state index in [1.807, 2.05) is 31.2 Å². The Morgan fingerprint density at radius 2 is 2.09 bits per heavy atom. The first-order chi connectivity index (χ1) is 11.2. The summed E-state index contributed by atoms with van der Waals surface area (Å²) in [5.41, 5.74) is 2.03. The SMILES string of the molecule is CC=Cc1ccc(OC(=O)c2ccc3nncn3c2)c(OC)c1. The number of aromatic nitrogens is 3. The van der Waals surface area contributed by atoms with E-state index in [1.54, 1.807) is 28.8 Å². The summed E-state index contributed by atoms with van der Waals surface area (Å²) in [7, 11) is 1.54. The van der Waals surface area contributed by atoms with Crippen molar-refractivity contribution in [2.24, 2.45) is 0 Å². The van der Waals surface area contributed by atoms with Crippen molar-refractivity contribution in [1.29, 1.82) is 0 Å². The fraction of sp³-hybridized carbons (Fsp3) is 0.118. The number of hydrogen-bond acceptors (Lipinski definition) is 5. The van der Waals surface area contributed by atoms with E-state index in [9.17, 15) is 4.79 Å². The number of benzene rings is 1. The van der Waals surface area contributed by atoms with Crippen molar-refractivity contribution in [3.63, 3.8) is 0 Å². The summed E-state index contributed by atoms with van der Waals surface area (Å²) in [5.74, 6) is 0.395. The molecule has 0 amide bonds. The number of nitrogens with zero attached hydrogens (tertiary/aromatic N) is 3. The molecule has 0 aliphatic carbocycles. The number of ether oxygens (including phenoxy) is 2. The second-order valence-corrected chi connectivity index (χ2v) is 4.81. The van der Waals surface area contributed by atoms with Crippen LogP contribution in [0.25, 0.3) is 11.7 Å². The molecular formula is C17H15N3O3. The van der Waals surface area contributed by atoms with Crippen LogP contribution in [0.2, 0.25) is 0 Å². The van der Waals surface area contributed by atoms with Gasteiger partial charge in [-0.25, -0.2) is 4.79 Å². The van der Waals surface area contributed by atoms with Gasteiger partial charge in [0.1, 0.15) is 6.33 Å². The quantitative estimate of drug-likeness (QED) is 0.547. The Balaban J connectivity index is 1.86. The molecule has 0 fully saturated rings. The molecule has 0 radical (unpaired) electrons. The molecule has 0 saturated heterocycles. The molecule has 0 atom stereocenters. The minimum absolute atomic E-state index is 0.370. The monoisotopic (exact) mass is 309 g/mol. The molecule has 2 aromatic heterocycles. The summed E-state index contributed by atoms with van der Waals surface area (Å²) in [6.07, 6.45) is 7.01. The third-order valence-electron chi connectivity index (χ3n) is 3.28. The van der Waals surface area contributed by atoms with Crippen LogP contribution in [0, 0.1) is 0 Å². The standard InChI is InChI=1S/C17H15N3O3/c1-3-4-12-5-7-14(15(9-12)22-2)23-17(21)13-6-8-16-19-18-11-20(16)10-13/h3-11H,1-2H3. The van der Waals surface area contributed by atoms with Gasteiger partial charge in [-0.1, -0.05) is 18.2 Å². The molecule has 1 aromatic carbocycles. The molecule has 3 rings (SSSR count). The Labute approximate surface area is 133 Å². The van der Waals surface area contributed by atoms with Gasteiger partial charge in [0.15, 0.2) is 17.1 Å². The molecule has 0 N–H and O–H groups in total. The number of carbonyl (C=O) groups excluding carboxylic acids is 1. The molecule has 0 unspecified atom stereocenters. The van der Waals surface area contributed by atoms with E-state index >= 15 is 0 Å². The van der Waals surface area contributed by atoms with Crippen molar-refractivity contribution >= 4 is 17.7 Å². The molecule has 0 saturated carbocycles. The number of carbonyl (C=O) groups is 1. The lowest BCUT2D eigenvalue weighted by molar-refractivity contribution is 0.0729. The normalized spacial score (nSPS) is 11.0. The third kappa shape index (κ3) is 3.06. The Hall–Kier alpha value is -3.15. The highest BCUT2D eigenvalue weighted by Crippen LogP contribution is 2.29. The van der Waals surface area contributed by atoms with Crippen molar-refractivity contribution in [2.45, 2.75) is 6.92 Å². The Morgan fingerprint density at radius 1 is 1.22 bits per heavy atom. The maximum absolute atomic E-state index is 12.3. The topological polar surface area (TPSA) is 65.7 Å². The van der Waals surface area contributed by atoms with Gasteiger partial charge < -0.3 is 9.47 Å². The summed E-state index contributed by atoms with van der Waals surface area (Å²) in [4.78, 5) is 12.3. The van der Waals surface area contributed by atoms with Gasteiger partial charge in [0.05, 0.1) is 12.7 Å². The van der Waals surface area contributed by atoms with Gasteiger partial charge in [0.2, 0.25) is 0 Å². The predicted molar refractivity (Wildman–Crippen MR) is 85.6 cm³/mol. The van der Waals surface area contributed by atoms with Gasteiger partial charge in [-0.2, -0.15) is 0 Å². The van der Waals surface area contributed by atoms with Crippen molar-refractivity contribution in [1.82, 2.24) is 14.6 Å². The molecule has 23 heavy (non-hydrogen) atoms. The number of pyridine rings is 1. The summed E-state index contributed by atoms with van der Waals surface area (Å²) >= 11 is 0. The number of rotatable bonds is 4. The fourth-order valence-electron chi connectivity index (χ4n) is 2.17. The lowest BCUT2D eigenvalue weighted by atomic mass is 10.2.